The Morgan fingerprint density at radius 1 is 1.26 bits per heavy atom. The van der Waals surface area contributed by atoms with E-state index >= 15 is 0 Å². The molecule has 5 heteroatoms. The highest BCUT2D eigenvalue weighted by atomic mass is 127. The molecule has 1 saturated carbocycles. The van der Waals surface area contributed by atoms with E-state index in [1.807, 2.05) is 0 Å². The summed E-state index contributed by atoms with van der Waals surface area (Å²) in [5.74, 6) is 0.555. The number of likely N-dealkylation sites (N-methyl/N-ethyl adjacent to an activating group) is 1. The van der Waals surface area contributed by atoms with Crippen molar-refractivity contribution in [3.05, 3.63) is 0 Å². The molecular weight excluding hydrogens is 351 g/mol. The van der Waals surface area contributed by atoms with Crippen LogP contribution in [-0.2, 0) is 0 Å². The van der Waals surface area contributed by atoms with Crippen LogP contribution in [-0.4, -0.2) is 42.6 Å². The van der Waals surface area contributed by atoms with E-state index in [9.17, 15) is 0 Å². The standard InChI is InChI=1S/C14H30N4.HI/c1-14(2,3)17-13(15)16-10-11-18(4)12-8-6-5-7-9-12;/h12H,5-11H2,1-4H3,(H3,15,16,17);1H. The predicted molar refractivity (Wildman–Crippen MR) is 94.3 cm³/mol. The van der Waals surface area contributed by atoms with E-state index in [4.69, 9.17) is 5.73 Å². The lowest BCUT2D eigenvalue weighted by atomic mass is 9.94. The average molecular weight is 382 g/mol. The molecule has 114 valence electrons. The molecule has 1 aliphatic carbocycles. The molecule has 0 spiro atoms. The molecule has 0 aromatic carbocycles. The van der Waals surface area contributed by atoms with Crippen LogP contribution in [0.1, 0.15) is 52.9 Å². The van der Waals surface area contributed by atoms with Crippen LogP contribution in [0.5, 0.6) is 0 Å². The highest BCUT2D eigenvalue weighted by molar-refractivity contribution is 14.0. The lowest BCUT2D eigenvalue weighted by Gasteiger charge is -2.30. The van der Waals surface area contributed by atoms with Crippen molar-refractivity contribution in [3.63, 3.8) is 0 Å². The van der Waals surface area contributed by atoms with Crippen molar-refractivity contribution < 1.29 is 0 Å². The van der Waals surface area contributed by atoms with Gasteiger partial charge in [-0.2, -0.15) is 0 Å². The second-order valence-corrected chi connectivity index (χ2v) is 6.41. The predicted octanol–water partition coefficient (Wildman–Crippen LogP) is 2.57. The largest absolute Gasteiger partial charge is 0.370 e. The van der Waals surface area contributed by atoms with Gasteiger partial charge in [0.2, 0.25) is 0 Å². The molecule has 0 aliphatic heterocycles. The van der Waals surface area contributed by atoms with Crippen LogP contribution >= 0.6 is 24.0 Å². The number of hydrogen-bond acceptors (Lipinski definition) is 2. The molecule has 0 saturated heterocycles. The summed E-state index contributed by atoms with van der Waals surface area (Å²) in [7, 11) is 2.21. The summed E-state index contributed by atoms with van der Waals surface area (Å²) in [5.41, 5.74) is 5.83. The Balaban J connectivity index is 0.00000324. The monoisotopic (exact) mass is 382 g/mol. The molecular formula is C14H31IN4. The number of nitrogens with zero attached hydrogens (tertiary/aromatic N) is 2. The Morgan fingerprint density at radius 2 is 1.84 bits per heavy atom. The Morgan fingerprint density at radius 3 is 2.37 bits per heavy atom. The molecule has 4 nitrogen and oxygen atoms in total. The SMILES string of the molecule is CN(CCN=C(N)NC(C)(C)C)C1CCCCC1.I. The molecule has 0 atom stereocenters. The molecule has 1 rings (SSSR count). The zero-order chi connectivity index (χ0) is 13.6. The Bertz CT molecular complexity index is 267. The summed E-state index contributed by atoms with van der Waals surface area (Å²) in [6, 6.07) is 0.755. The summed E-state index contributed by atoms with van der Waals surface area (Å²) < 4.78 is 0. The van der Waals surface area contributed by atoms with Crippen LogP contribution in [0.15, 0.2) is 4.99 Å². The maximum Gasteiger partial charge on any atom is 0.189 e. The fourth-order valence-electron chi connectivity index (χ4n) is 2.46. The lowest BCUT2D eigenvalue weighted by molar-refractivity contribution is 0.196. The van der Waals surface area contributed by atoms with Gasteiger partial charge in [0.1, 0.15) is 0 Å². The number of guanidine groups is 1. The highest BCUT2D eigenvalue weighted by Crippen LogP contribution is 2.21. The fraction of sp³-hybridized carbons (Fsp3) is 0.929. The van der Waals surface area contributed by atoms with Crippen LogP contribution in [0, 0.1) is 0 Å². The van der Waals surface area contributed by atoms with Gasteiger partial charge in [-0.1, -0.05) is 19.3 Å². The van der Waals surface area contributed by atoms with Gasteiger partial charge in [0.15, 0.2) is 5.96 Å². The average Bonchev–Trinajstić information content (AvgIpc) is 2.27. The molecule has 3 N–H and O–H groups in total. The number of hydrogen-bond donors (Lipinski definition) is 2. The second kappa shape index (κ2) is 9.00. The molecule has 0 bridgehead atoms. The first-order chi connectivity index (χ1) is 8.38. The van der Waals surface area contributed by atoms with Crippen molar-refractivity contribution in [3.8, 4) is 0 Å². The van der Waals surface area contributed by atoms with Crippen molar-refractivity contribution in [1.29, 1.82) is 0 Å². The molecule has 0 unspecified atom stereocenters. The van der Waals surface area contributed by atoms with Gasteiger partial charge in [-0.15, -0.1) is 24.0 Å². The van der Waals surface area contributed by atoms with Crippen molar-refractivity contribution in [1.82, 2.24) is 10.2 Å². The first-order valence-corrected chi connectivity index (χ1v) is 7.17. The quantitative estimate of drug-likeness (QED) is 0.447. The number of nitrogens with two attached hydrogens (primary N) is 1. The molecule has 0 radical (unpaired) electrons. The van der Waals surface area contributed by atoms with E-state index in [-0.39, 0.29) is 29.5 Å². The van der Waals surface area contributed by atoms with Crippen LogP contribution in [0.25, 0.3) is 0 Å². The molecule has 0 amide bonds. The third-order valence-corrected chi connectivity index (χ3v) is 3.44. The van der Waals surface area contributed by atoms with E-state index in [1.54, 1.807) is 0 Å². The lowest BCUT2D eigenvalue weighted by Crippen LogP contribution is -2.45. The van der Waals surface area contributed by atoms with E-state index < -0.39 is 0 Å². The minimum atomic E-state index is -0.0111. The third-order valence-electron chi connectivity index (χ3n) is 3.44. The van der Waals surface area contributed by atoms with Gasteiger partial charge in [-0.25, -0.2) is 0 Å². The number of halogens is 1. The van der Waals surface area contributed by atoms with Crippen LogP contribution < -0.4 is 11.1 Å². The highest BCUT2D eigenvalue weighted by Gasteiger charge is 2.17. The van der Waals surface area contributed by atoms with Crippen molar-refractivity contribution >= 4 is 29.9 Å². The smallest absolute Gasteiger partial charge is 0.189 e. The Kier molecular flexibility index (Phi) is 8.98. The summed E-state index contributed by atoms with van der Waals surface area (Å²) in [6.07, 6.45) is 6.86. The first kappa shape index (κ1) is 19.0. The van der Waals surface area contributed by atoms with Gasteiger partial charge in [0.05, 0.1) is 6.54 Å². The maximum absolute atomic E-state index is 5.84. The fourth-order valence-corrected chi connectivity index (χ4v) is 2.46. The Labute approximate surface area is 135 Å². The zero-order valence-electron chi connectivity index (χ0n) is 12.9. The number of nitrogens with one attached hydrogen (secondary N) is 1. The molecule has 0 aromatic heterocycles. The van der Waals surface area contributed by atoms with Gasteiger partial charge >= 0.3 is 0 Å². The van der Waals surface area contributed by atoms with Crippen molar-refractivity contribution in [2.24, 2.45) is 10.7 Å². The van der Waals surface area contributed by atoms with E-state index in [2.05, 4.69) is 43.0 Å². The van der Waals surface area contributed by atoms with Gasteiger partial charge in [-0.3, -0.25) is 4.99 Å². The minimum absolute atomic E-state index is 0. The van der Waals surface area contributed by atoms with Gasteiger partial charge in [0, 0.05) is 18.1 Å². The summed E-state index contributed by atoms with van der Waals surface area (Å²) >= 11 is 0. The number of aliphatic imine (C=N–C) groups is 1. The normalized spacial score (nSPS) is 18.3. The minimum Gasteiger partial charge on any atom is -0.370 e. The van der Waals surface area contributed by atoms with Crippen molar-refractivity contribution in [2.75, 3.05) is 20.1 Å². The topological polar surface area (TPSA) is 53.6 Å². The maximum atomic E-state index is 5.84. The summed E-state index contributed by atoms with van der Waals surface area (Å²) in [5, 5.41) is 3.18. The zero-order valence-corrected chi connectivity index (χ0v) is 15.2. The van der Waals surface area contributed by atoms with E-state index in [1.165, 1.54) is 32.1 Å². The first-order valence-electron chi connectivity index (χ1n) is 7.17. The molecule has 0 heterocycles. The molecule has 1 aliphatic rings. The van der Waals surface area contributed by atoms with Gasteiger partial charge < -0.3 is 16.0 Å². The Hall–Kier alpha value is -0.0400. The summed E-state index contributed by atoms with van der Waals surface area (Å²) in [6.45, 7) is 8.04. The van der Waals surface area contributed by atoms with Crippen molar-refractivity contribution in [2.45, 2.75) is 64.5 Å². The van der Waals surface area contributed by atoms with Crippen LogP contribution in [0.3, 0.4) is 0 Å². The second-order valence-electron chi connectivity index (χ2n) is 6.41. The van der Waals surface area contributed by atoms with Gasteiger partial charge in [-0.05, 0) is 40.7 Å². The summed E-state index contributed by atoms with van der Waals surface area (Å²) in [4.78, 5) is 6.82. The van der Waals surface area contributed by atoms with E-state index in [0.717, 1.165) is 19.1 Å². The third kappa shape index (κ3) is 8.68. The molecule has 19 heavy (non-hydrogen) atoms. The molecule has 0 aromatic rings. The van der Waals surface area contributed by atoms with Crippen LogP contribution in [0.4, 0.5) is 0 Å². The number of rotatable bonds is 4. The van der Waals surface area contributed by atoms with E-state index in [0.29, 0.717) is 5.96 Å². The van der Waals surface area contributed by atoms with Crippen LogP contribution in [0.2, 0.25) is 0 Å². The molecule has 1 fully saturated rings. The van der Waals surface area contributed by atoms with Gasteiger partial charge in [0.25, 0.3) is 0 Å².